The highest BCUT2D eigenvalue weighted by Gasteiger charge is 2.10. The number of nitrogens with one attached hydrogen (secondary N) is 1. The van der Waals surface area contributed by atoms with E-state index in [4.69, 9.17) is 5.26 Å². The summed E-state index contributed by atoms with van der Waals surface area (Å²) in [6, 6.07) is 9.91. The number of rotatable bonds is 8. The van der Waals surface area contributed by atoms with Crippen LogP contribution in [0.2, 0.25) is 0 Å². The smallest absolute Gasteiger partial charge is 0.0991 e. The van der Waals surface area contributed by atoms with Crippen molar-refractivity contribution in [2.75, 3.05) is 18.0 Å². The topological polar surface area (TPSA) is 69.8 Å². The van der Waals surface area contributed by atoms with Crippen LogP contribution < -0.4 is 10.2 Å². The van der Waals surface area contributed by atoms with Crippen molar-refractivity contribution in [2.24, 2.45) is 7.05 Å². The predicted octanol–water partition coefficient (Wildman–Crippen LogP) is 3.16. The first kappa shape index (κ1) is 19.1. The first-order chi connectivity index (χ1) is 13.1. The van der Waals surface area contributed by atoms with Gasteiger partial charge < -0.3 is 14.8 Å². The highest BCUT2D eigenvalue weighted by Crippen LogP contribution is 2.18. The number of aryl methyl sites for hydroxylation is 3. The predicted molar refractivity (Wildman–Crippen MR) is 109 cm³/mol. The lowest BCUT2D eigenvalue weighted by molar-refractivity contribution is 0.650. The maximum atomic E-state index is 9.03. The molecule has 3 rings (SSSR count). The molecule has 0 saturated carbocycles. The fourth-order valence-electron chi connectivity index (χ4n) is 2.93. The van der Waals surface area contributed by atoms with Gasteiger partial charge in [0.2, 0.25) is 0 Å². The van der Waals surface area contributed by atoms with Crippen molar-refractivity contribution in [1.29, 1.82) is 5.26 Å². The summed E-state index contributed by atoms with van der Waals surface area (Å²) in [5.41, 5.74) is 4.03. The summed E-state index contributed by atoms with van der Waals surface area (Å²) in [6.45, 7) is 7.42. The van der Waals surface area contributed by atoms with Crippen molar-refractivity contribution in [3.8, 4) is 6.07 Å². The van der Waals surface area contributed by atoms with E-state index in [2.05, 4.69) is 33.2 Å². The Morgan fingerprint density at radius 2 is 2.04 bits per heavy atom. The zero-order valence-corrected chi connectivity index (χ0v) is 16.8. The van der Waals surface area contributed by atoms with Gasteiger partial charge in [-0.15, -0.1) is 11.3 Å². The van der Waals surface area contributed by atoms with Crippen molar-refractivity contribution < 1.29 is 0 Å². The van der Waals surface area contributed by atoms with Gasteiger partial charge in [-0.3, -0.25) is 0 Å². The highest BCUT2D eigenvalue weighted by molar-refractivity contribution is 7.11. The second kappa shape index (κ2) is 8.80. The molecule has 0 unspecified atom stereocenters. The van der Waals surface area contributed by atoms with Crippen LogP contribution in [0.5, 0.6) is 0 Å². The molecule has 0 atom stereocenters. The molecule has 0 aliphatic heterocycles. The van der Waals surface area contributed by atoms with E-state index in [0.717, 1.165) is 48.3 Å². The van der Waals surface area contributed by atoms with Gasteiger partial charge >= 0.3 is 0 Å². The Morgan fingerprint density at radius 1 is 1.26 bits per heavy atom. The molecule has 6 nitrogen and oxygen atoms in total. The highest BCUT2D eigenvalue weighted by atomic mass is 32.1. The second-order valence-electron chi connectivity index (χ2n) is 6.49. The Kier molecular flexibility index (Phi) is 6.22. The van der Waals surface area contributed by atoms with Crippen LogP contribution in [-0.4, -0.2) is 27.6 Å². The van der Waals surface area contributed by atoms with E-state index >= 15 is 0 Å². The Balaban J connectivity index is 1.64. The van der Waals surface area contributed by atoms with Crippen LogP contribution in [0.15, 0.2) is 36.8 Å². The average Bonchev–Trinajstić information content (AvgIpc) is 3.22. The van der Waals surface area contributed by atoms with Gasteiger partial charge in [0, 0.05) is 43.4 Å². The lowest BCUT2D eigenvalue weighted by atomic mass is 10.2. The largest absolute Gasteiger partial charge is 0.364 e. The summed E-state index contributed by atoms with van der Waals surface area (Å²) in [7, 11) is 2.01. The maximum absolute atomic E-state index is 9.03. The number of aromatic nitrogens is 3. The number of nitrogens with zero attached hydrogens (tertiary/aromatic N) is 5. The number of hydrogen-bond acceptors (Lipinski definition) is 6. The fourth-order valence-corrected chi connectivity index (χ4v) is 3.84. The van der Waals surface area contributed by atoms with Gasteiger partial charge in [-0.25, -0.2) is 9.97 Å². The molecule has 7 heteroatoms. The third-order valence-electron chi connectivity index (χ3n) is 4.47. The van der Waals surface area contributed by atoms with E-state index in [-0.39, 0.29) is 0 Å². The van der Waals surface area contributed by atoms with Crippen LogP contribution in [0, 0.1) is 25.2 Å². The normalized spacial score (nSPS) is 10.7. The first-order valence-electron chi connectivity index (χ1n) is 8.90. The van der Waals surface area contributed by atoms with E-state index in [1.54, 1.807) is 11.3 Å². The molecule has 0 aliphatic rings. The van der Waals surface area contributed by atoms with E-state index in [0.29, 0.717) is 5.56 Å². The molecule has 3 aromatic rings. The fraction of sp³-hybridized carbons (Fsp3) is 0.350. The van der Waals surface area contributed by atoms with Crippen LogP contribution in [0.3, 0.4) is 0 Å². The summed E-state index contributed by atoms with van der Waals surface area (Å²) in [4.78, 5) is 12.3. The molecular weight excluding hydrogens is 356 g/mol. The molecule has 0 fully saturated rings. The molecule has 1 aromatic carbocycles. The molecule has 1 N–H and O–H groups in total. The van der Waals surface area contributed by atoms with Gasteiger partial charge in [0.25, 0.3) is 0 Å². The SMILES string of the molecule is Cc1nc(C)c(CNCCN(Cc2cncn2C)c2ccc(C#N)cc2)s1. The van der Waals surface area contributed by atoms with E-state index in [1.165, 1.54) is 4.88 Å². The average molecular weight is 381 g/mol. The summed E-state index contributed by atoms with van der Waals surface area (Å²) in [5.74, 6) is 0. The van der Waals surface area contributed by atoms with Gasteiger partial charge in [0.15, 0.2) is 0 Å². The zero-order chi connectivity index (χ0) is 19.2. The van der Waals surface area contributed by atoms with E-state index in [1.807, 2.05) is 55.3 Å². The molecule has 140 valence electrons. The monoisotopic (exact) mass is 380 g/mol. The number of anilines is 1. The molecule has 0 spiro atoms. The van der Waals surface area contributed by atoms with Crippen molar-refractivity contribution in [3.05, 3.63) is 63.6 Å². The van der Waals surface area contributed by atoms with E-state index < -0.39 is 0 Å². The molecule has 2 heterocycles. The Labute approximate surface area is 164 Å². The summed E-state index contributed by atoms with van der Waals surface area (Å²) in [5, 5.41) is 13.7. The Hall–Kier alpha value is -2.69. The lowest BCUT2D eigenvalue weighted by Gasteiger charge is -2.25. The van der Waals surface area contributed by atoms with Crippen molar-refractivity contribution in [2.45, 2.75) is 26.9 Å². The number of imidazole rings is 1. The minimum Gasteiger partial charge on any atom is -0.364 e. The maximum Gasteiger partial charge on any atom is 0.0991 e. The molecule has 0 amide bonds. The Bertz CT molecular complexity index is 919. The number of thiazole rings is 1. The lowest BCUT2D eigenvalue weighted by Crippen LogP contribution is -2.32. The third-order valence-corrected chi connectivity index (χ3v) is 5.55. The van der Waals surface area contributed by atoms with Crippen molar-refractivity contribution in [3.63, 3.8) is 0 Å². The molecule has 0 aliphatic carbocycles. The van der Waals surface area contributed by atoms with Gasteiger partial charge in [0.05, 0.1) is 40.9 Å². The van der Waals surface area contributed by atoms with Crippen LogP contribution in [0.1, 0.15) is 26.8 Å². The molecule has 0 saturated heterocycles. The van der Waals surface area contributed by atoms with Crippen LogP contribution >= 0.6 is 11.3 Å². The van der Waals surface area contributed by atoms with Gasteiger partial charge in [-0.2, -0.15) is 5.26 Å². The van der Waals surface area contributed by atoms with Crippen LogP contribution in [0.25, 0.3) is 0 Å². The minimum absolute atomic E-state index is 0.674. The molecule has 0 radical (unpaired) electrons. The number of benzene rings is 1. The van der Waals surface area contributed by atoms with Gasteiger partial charge in [-0.1, -0.05) is 0 Å². The second-order valence-corrected chi connectivity index (χ2v) is 7.78. The number of hydrogen-bond donors (Lipinski definition) is 1. The van der Waals surface area contributed by atoms with Crippen molar-refractivity contribution in [1.82, 2.24) is 19.9 Å². The third kappa shape index (κ3) is 4.94. The Morgan fingerprint density at radius 3 is 2.63 bits per heavy atom. The first-order valence-corrected chi connectivity index (χ1v) is 9.72. The van der Waals surface area contributed by atoms with Gasteiger partial charge in [-0.05, 0) is 38.1 Å². The van der Waals surface area contributed by atoms with Gasteiger partial charge in [0.1, 0.15) is 0 Å². The molecule has 27 heavy (non-hydrogen) atoms. The zero-order valence-electron chi connectivity index (χ0n) is 15.9. The summed E-state index contributed by atoms with van der Waals surface area (Å²) in [6.07, 6.45) is 3.72. The quantitative estimate of drug-likeness (QED) is 0.608. The molecule has 0 bridgehead atoms. The summed E-state index contributed by atoms with van der Waals surface area (Å²) < 4.78 is 2.04. The standard InChI is InChI=1S/C20H24N6S/c1-15-20(27-16(2)24-15)12-22-8-9-26(13-19-11-23-14-25(19)3)18-6-4-17(10-21)5-7-18/h4-7,11,14,22H,8-9,12-13H2,1-3H3. The van der Waals surface area contributed by atoms with E-state index in [9.17, 15) is 0 Å². The minimum atomic E-state index is 0.674. The molecule has 2 aromatic heterocycles. The number of nitriles is 1. The van der Waals surface area contributed by atoms with Crippen LogP contribution in [-0.2, 0) is 20.1 Å². The van der Waals surface area contributed by atoms with Crippen LogP contribution in [0.4, 0.5) is 5.69 Å². The summed E-state index contributed by atoms with van der Waals surface area (Å²) >= 11 is 1.75. The molecular formula is C20H24N6S. The van der Waals surface area contributed by atoms with Crippen molar-refractivity contribution >= 4 is 17.0 Å².